The van der Waals surface area contributed by atoms with Crippen molar-refractivity contribution < 1.29 is 9.15 Å². The third-order valence-corrected chi connectivity index (χ3v) is 19.5. The highest BCUT2D eigenvalue weighted by atomic mass is 16.5. The van der Waals surface area contributed by atoms with Crippen LogP contribution in [0.25, 0.3) is 55.3 Å². The molecule has 68 heavy (non-hydrogen) atoms. The van der Waals surface area contributed by atoms with E-state index >= 15 is 0 Å². The van der Waals surface area contributed by atoms with E-state index in [0.29, 0.717) is 17.8 Å². The molecule has 1 aromatic heterocycles. The van der Waals surface area contributed by atoms with Gasteiger partial charge in [-0.25, -0.2) is 0 Å². The van der Waals surface area contributed by atoms with Crippen LogP contribution in [0.5, 0.6) is 0 Å². The lowest BCUT2D eigenvalue weighted by Gasteiger charge is -2.63. The van der Waals surface area contributed by atoms with E-state index in [0.717, 1.165) is 52.6 Å². The molecule has 0 saturated heterocycles. The molecule has 7 aliphatic carbocycles. The quantitative estimate of drug-likeness (QED) is 0.166. The normalized spacial score (nSPS) is 29.8. The van der Waals surface area contributed by atoms with Crippen LogP contribution in [0.15, 0.2) is 156 Å². The summed E-state index contributed by atoms with van der Waals surface area (Å²) in [7, 11) is 0. The minimum absolute atomic E-state index is 0.103. The van der Waals surface area contributed by atoms with Crippen molar-refractivity contribution in [1.29, 1.82) is 0 Å². The number of rotatable bonds is 6. The van der Waals surface area contributed by atoms with Crippen molar-refractivity contribution in [2.45, 2.75) is 102 Å². The number of ether oxygens (including phenoxy) is 1. The van der Waals surface area contributed by atoms with Gasteiger partial charge in [0.2, 0.25) is 0 Å². The molecule has 1 aliphatic heterocycles. The molecule has 4 atom stereocenters. The van der Waals surface area contributed by atoms with Crippen LogP contribution in [-0.2, 0) is 21.4 Å². The van der Waals surface area contributed by atoms with Crippen molar-refractivity contribution in [1.82, 2.24) is 0 Å². The molecular formula is C65H61NO2. The zero-order valence-corrected chi connectivity index (χ0v) is 39.8. The largest absolute Gasteiger partial charge is 0.455 e. The van der Waals surface area contributed by atoms with E-state index in [2.05, 4.69) is 177 Å². The Bertz CT molecular complexity index is 3290. The van der Waals surface area contributed by atoms with Crippen LogP contribution in [0.2, 0.25) is 0 Å². The topological polar surface area (TPSA) is 25.6 Å². The minimum atomic E-state index is -0.292. The summed E-state index contributed by atoms with van der Waals surface area (Å²) >= 11 is 0. The van der Waals surface area contributed by atoms with E-state index in [1.807, 2.05) is 0 Å². The summed E-state index contributed by atoms with van der Waals surface area (Å²) in [4.78, 5) is 2.48. The molecule has 16 rings (SSSR count). The van der Waals surface area contributed by atoms with Gasteiger partial charge in [-0.2, -0.15) is 0 Å². The van der Waals surface area contributed by atoms with Gasteiger partial charge >= 0.3 is 0 Å². The van der Waals surface area contributed by atoms with Crippen molar-refractivity contribution in [3.63, 3.8) is 0 Å². The molecule has 0 radical (unpaired) electrons. The number of hydrogen-bond acceptors (Lipinski definition) is 3. The maximum Gasteiger partial charge on any atom is 0.143 e. The van der Waals surface area contributed by atoms with Gasteiger partial charge in [0.05, 0.1) is 11.3 Å². The summed E-state index contributed by atoms with van der Waals surface area (Å²) in [5.41, 5.74) is 18.0. The maximum atomic E-state index is 8.48. The average Bonchev–Trinajstić information content (AvgIpc) is 3.94. The predicted molar refractivity (Wildman–Crippen MR) is 278 cm³/mol. The van der Waals surface area contributed by atoms with Gasteiger partial charge in [-0.15, -0.1) is 0 Å². The molecule has 6 bridgehead atoms. The number of nitrogens with zero attached hydrogens (tertiary/aromatic N) is 1. The molecule has 6 saturated carbocycles. The molecule has 3 heteroatoms. The Morgan fingerprint density at radius 1 is 0.500 bits per heavy atom. The Balaban J connectivity index is 0.903. The second-order valence-electron chi connectivity index (χ2n) is 23.1. The van der Waals surface area contributed by atoms with Gasteiger partial charge in [0, 0.05) is 38.7 Å². The lowest BCUT2D eigenvalue weighted by Crippen LogP contribution is -2.59. The smallest absolute Gasteiger partial charge is 0.143 e. The first-order valence-corrected chi connectivity index (χ1v) is 26.3. The second kappa shape index (κ2) is 14.3. The van der Waals surface area contributed by atoms with Gasteiger partial charge in [0.1, 0.15) is 16.8 Å². The van der Waals surface area contributed by atoms with Crippen LogP contribution < -0.4 is 4.90 Å². The molecule has 8 aromatic rings. The molecule has 6 fully saturated rings. The number of benzene rings is 7. The fourth-order valence-corrected chi connectivity index (χ4v) is 16.8. The highest BCUT2D eigenvalue weighted by Crippen LogP contribution is 2.71. The van der Waals surface area contributed by atoms with Crippen molar-refractivity contribution in [2.24, 2.45) is 41.4 Å². The lowest BCUT2D eigenvalue weighted by atomic mass is 9.48. The van der Waals surface area contributed by atoms with E-state index in [1.165, 1.54) is 130 Å². The van der Waals surface area contributed by atoms with Crippen molar-refractivity contribution >= 4 is 39.0 Å². The number of anilines is 3. The Morgan fingerprint density at radius 2 is 1.15 bits per heavy atom. The molecule has 2 heterocycles. The Morgan fingerprint density at radius 3 is 1.90 bits per heavy atom. The van der Waals surface area contributed by atoms with Gasteiger partial charge in [-0.05, 0) is 180 Å². The number of fused-ring (bicyclic) bond motifs is 7. The highest BCUT2D eigenvalue weighted by molar-refractivity contribution is 6.14. The molecule has 4 unspecified atom stereocenters. The van der Waals surface area contributed by atoms with Crippen LogP contribution in [0.4, 0.5) is 17.1 Å². The van der Waals surface area contributed by atoms with E-state index in [-0.39, 0.29) is 16.6 Å². The SMILES string of the molecule is CCC1CC2CC(C1)C1(C2)OC2(c3cccc4oc5c(-c6ccc(N(c7ccc(-c8ccccc8)cc7)c7cccc8c7-c7ccccc7C8(C)C)cc6)ccc1c5c34)C1CC3CC(C1)CC2C3. The van der Waals surface area contributed by atoms with Crippen molar-refractivity contribution in [2.75, 3.05) is 4.90 Å². The molecule has 7 aromatic carbocycles. The number of hydrogen-bond donors (Lipinski definition) is 0. The summed E-state index contributed by atoms with van der Waals surface area (Å²) in [6, 6.07) is 57.2. The van der Waals surface area contributed by atoms with Gasteiger partial charge < -0.3 is 14.1 Å². The second-order valence-corrected chi connectivity index (χ2v) is 23.1. The Kier molecular flexibility index (Phi) is 8.44. The van der Waals surface area contributed by atoms with E-state index in [9.17, 15) is 0 Å². The molecule has 8 aliphatic rings. The Labute approximate surface area is 401 Å². The molecule has 0 amide bonds. The van der Waals surface area contributed by atoms with Crippen LogP contribution in [0, 0.1) is 41.4 Å². The first-order chi connectivity index (χ1) is 33.3. The van der Waals surface area contributed by atoms with Crippen LogP contribution in [0.1, 0.15) is 107 Å². The summed E-state index contributed by atoms with van der Waals surface area (Å²) in [6.07, 6.45) is 13.1. The first kappa shape index (κ1) is 40.0. The van der Waals surface area contributed by atoms with E-state index < -0.39 is 0 Å². The third kappa shape index (κ3) is 5.40. The van der Waals surface area contributed by atoms with Gasteiger partial charge in [0.25, 0.3) is 0 Å². The zero-order chi connectivity index (χ0) is 45.1. The first-order valence-electron chi connectivity index (χ1n) is 26.3. The predicted octanol–water partition coefficient (Wildman–Crippen LogP) is 17.4. The van der Waals surface area contributed by atoms with Gasteiger partial charge in [-0.3, -0.25) is 0 Å². The zero-order valence-electron chi connectivity index (χ0n) is 39.8. The molecule has 2 spiro atoms. The lowest BCUT2D eigenvalue weighted by molar-refractivity contribution is -0.277. The average molecular weight is 888 g/mol. The van der Waals surface area contributed by atoms with Crippen LogP contribution >= 0.6 is 0 Å². The molecule has 338 valence electrons. The molecule has 3 nitrogen and oxygen atoms in total. The van der Waals surface area contributed by atoms with Gasteiger partial charge in [-0.1, -0.05) is 142 Å². The maximum absolute atomic E-state index is 8.48. The fraction of sp³-hybridized carbons (Fsp3) is 0.354. The van der Waals surface area contributed by atoms with E-state index in [4.69, 9.17) is 9.15 Å². The summed E-state index contributed by atoms with van der Waals surface area (Å²) in [5.74, 6) is 4.95. The minimum Gasteiger partial charge on any atom is -0.455 e. The monoisotopic (exact) mass is 887 g/mol. The number of furan rings is 1. The van der Waals surface area contributed by atoms with Crippen LogP contribution in [-0.4, -0.2) is 0 Å². The fourth-order valence-electron chi connectivity index (χ4n) is 16.8. The summed E-state index contributed by atoms with van der Waals surface area (Å²) < 4.78 is 15.8. The van der Waals surface area contributed by atoms with Crippen LogP contribution in [0.3, 0.4) is 0 Å². The van der Waals surface area contributed by atoms with Gasteiger partial charge in [0.15, 0.2) is 0 Å². The van der Waals surface area contributed by atoms with Crippen molar-refractivity contribution in [3.8, 4) is 33.4 Å². The van der Waals surface area contributed by atoms with Crippen molar-refractivity contribution in [3.05, 3.63) is 174 Å². The van der Waals surface area contributed by atoms with E-state index in [1.54, 1.807) is 0 Å². The molecular weight excluding hydrogens is 827 g/mol. The summed E-state index contributed by atoms with van der Waals surface area (Å²) in [6.45, 7) is 7.18. The third-order valence-electron chi connectivity index (χ3n) is 19.5. The Hall–Kier alpha value is -5.90. The summed E-state index contributed by atoms with van der Waals surface area (Å²) in [5, 5.41) is 2.71. The standard InChI is InChI=1S/C65H61NO2/c1-4-39-30-42-37-46(32-39)64(38-42)55-29-28-51(62-61(55)60-56(17-11-19-58(60)67-62)65(68-64)47-33-40-31-41(35-47)36-48(65)34-40)45-22-26-50(27-23-45)66(49-24-20-44(21-25-49)43-12-6-5-7-13-43)57-18-10-16-54-59(57)52-14-8-9-15-53(52)63(54,2)3/h5-29,39-42,46-48H,4,30-38H2,1-3H3. The molecule has 0 N–H and O–H groups in total. The highest BCUT2D eigenvalue weighted by Gasteiger charge is 2.66.